The lowest BCUT2D eigenvalue weighted by molar-refractivity contribution is 1.78. The Morgan fingerprint density at radius 3 is 0.944 bits per heavy atom. The van der Waals surface area contributed by atoms with E-state index in [4.69, 9.17) is 0 Å². The van der Waals surface area contributed by atoms with E-state index in [9.17, 15) is 0 Å². The average Bonchev–Trinajstić information content (AvgIpc) is 2.36. The molecule has 0 unspecified atom stereocenters. The van der Waals surface area contributed by atoms with Crippen LogP contribution in [0.1, 0.15) is 0 Å². The maximum absolute atomic E-state index is 2.21. The molecule has 0 N–H and O–H groups in total. The molecule has 90 valence electrons. The molecule has 0 saturated carbocycles. The van der Waals surface area contributed by atoms with Gasteiger partial charge in [-0.1, -0.05) is 60.7 Å². The van der Waals surface area contributed by atoms with Crippen LogP contribution in [0.25, 0.3) is 32.3 Å². The lowest BCUT2D eigenvalue weighted by Gasteiger charge is -2.09. The second-order valence-corrected chi connectivity index (χ2v) is 4.29. The molecule has 0 fully saturated rings. The van der Waals surface area contributed by atoms with Crippen LogP contribution in [0.2, 0.25) is 0 Å². The molecule has 4 rings (SSSR count). The molecule has 0 saturated heterocycles. The predicted octanol–water partition coefficient (Wildman–Crippen LogP) is 5.43. The van der Waals surface area contributed by atoms with Crippen LogP contribution in [0, 0.1) is 0 Å². The van der Waals surface area contributed by atoms with Gasteiger partial charge in [0.05, 0.1) is 0 Å². The van der Waals surface area contributed by atoms with Gasteiger partial charge in [-0.05, 0) is 32.3 Å². The van der Waals surface area contributed by atoms with E-state index in [1.54, 1.807) is 0 Å². The van der Waals surface area contributed by atoms with Gasteiger partial charge in [0.2, 0.25) is 0 Å². The summed E-state index contributed by atoms with van der Waals surface area (Å²) in [6, 6.07) is 21.9. The maximum Gasteiger partial charge on any atom is -0.00268 e. The highest BCUT2D eigenvalue weighted by Gasteiger charge is 2.05. The van der Waals surface area contributed by atoms with Gasteiger partial charge in [0.1, 0.15) is 0 Å². The monoisotopic (exact) mass is 274 g/mol. The van der Waals surface area contributed by atoms with Crippen molar-refractivity contribution in [2.45, 2.75) is 0 Å². The van der Waals surface area contributed by atoms with Gasteiger partial charge in [-0.3, -0.25) is 0 Å². The first-order valence-electron chi connectivity index (χ1n) is 5.56. The van der Waals surface area contributed by atoms with Crippen LogP contribution in [0.15, 0.2) is 60.7 Å². The third kappa shape index (κ3) is 1.61. The molecule has 18 heavy (non-hydrogen) atoms. The first-order chi connectivity index (χ1) is 7.93. The third-order valence-electron chi connectivity index (χ3n) is 3.39. The van der Waals surface area contributed by atoms with E-state index in [0.717, 1.165) is 0 Å². The zero-order chi connectivity index (χ0) is 10.5. The molecule has 0 aliphatic carbocycles. The lowest BCUT2D eigenvalue weighted by Crippen LogP contribution is -1.82. The fourth-order valence-corrected chi connectivity index (χ4v) is 2.67. The standard InChI is InChI=1S/C16H10.2ClH/c1-3-11-7-9-13-5-2-6-14-10-8-12(4-1)15(11)16(13)14;;/h1-10H;2*1H. The van der Waals surface area contributed by atoms with Gasteiger partial charge in [-0.2, -0.15) is 0 Å². The van der Waals surface area contributed by atoms with Crippen LogP contribution in [0.5, 0.6) is 0 Å². The van der Waals surface area contributed by atoms with E-state index in [0.29, 0.717) is 0 Å². The minimum atomic E-state index is 0. The van der Waals surface area contributed by atoms with Crippen molar-refractivity contribution >= 4 is 57.1 Å². The molecular weight excluding hydrogens is 263 g/mol. The van der Waals surface area contributed by atoms with Crippen molar-refractivity contribution in [3.8, 4) is 0 Å². The Kier molecular flexibility index (Phi) is 3.34. The van der Waals surface area contributed by atoms with Crippen molar-refractivity contribution in [2.75, 3.05) is 0 Å². The van der Waals surface area contributed by atoms with Crippen LogP contribution in [0.4, 0.5) is 0 Å². The summed E-state index contributed by atoms with van der Waals surface area (Å²) in [5, 5.41) is 8.14. The Morgan fingerprint density at radius 2 is 0.667 bits per heavy atom. The van der Waals surface area contributed by atoms with E-state index in [2.05, 4.69) is 60.7 Å². The average molecular weight is 275 g/mol. The molecule has 0 amide bonds. The third-order valence-corrected chi connectivity index (χ3v) is 3.39. The van der Waals surface area contributed by atoms with E-state index >= 15 is 0 Å². The highest BCUT2D eigenvalue weighted by molar-refractivity contribution is 6.22. The first kappa shape index (κ1) is 12.9. The summed E-state index contributed by atoms with van der Waals surface area (Å²) in [4.78, 5) is 0. The number of hydrogen-bond acceptors (Lipinski definition) is 0. The SMILES string of the molecule is Cl.Cl.c1cc2ccc3cccc4ccc(c1)c2c34. The van der Waals surface area contributed by atoms with Gasteiger partial charge in [-0.25, -0.2) is 0 Å². The Balaban J connectivity index is 0.000000602. The Labute approximate surface area is 118 Å². The van der Waals surface area contributed by atoms with Crippen molar-refractivity contribution in [2.24, 2.45) is 0 Å². The maximum atomic E-state index is 2.21. The van der Waals surface area contributed by atoms with Crippen molar-refractivity contribution in [1.82, 2.24) is 0 Å². The van der Waals surface area contributed by atoms with Crippen LogP contribution in [-0.4, -0.2) is 0 Å². The molecular formula is C16H12Cl2. The fraction of sp³-hybridized carbons (Fsp3) is 0. The fourth-order valence-electron chi connectivity index (χ4n) is 2.67. The number of rotatable bonds is 0. The van der Waals surface area contributed by atoms with E-state index in [1.165, 1.54) is 32.3 Å². The summed E-state index contributed by atoms with van der Waals surface area (Å²) in [6.07, 6.45) is 0. The Morgan fingerprint density at radius 1 is 0.389 bits per heavy atom. The molecule has 0 aliphatic rings. The summed E-state index contributed by atoms with van der Waals surface area (Å²) in [5.41, 5.74) is 0. The van der Waals surface area contributed by atoms with Crippen LogP contribution in [-0.2, 0) is 0 Å². The first-order valence-corrected chi connectivity index (χ1v) is 5.56. The zero-order valence-electron chi connectivity index (χ0n) is 9.59. The van der Waals surface area contributed by atoms with Crippen molar-refractivity contribution in [3.05, 3.63) is 60.7 Å². The van der Waals surface area contributed by atoms with Crippen molar-refractivity contribution in [1.29, 1.82) is 0 Å². The van der Waals surface area contributed by atoms with E-state index in [1.807, 2.05) is 0 Å². The molecule has 4 aromatic carbocycles. The summed E-state index contributed by atoms with van der Waals surface area (Å²) in [5.74, 6) is 0. The molecule has 0 nitrogen and oxygen atoms in total. The molecule has 4 aromatic rings. The highest BCUT2D eigenvalue weighted by Crippen LogP contribution is 2.33. The highest BCUT2D eigenvalue weighted by atomic mass is 35.5. The second-order valence-electron chi connectivity index (χ2n) is 4.29. The van der Waals surface area contributed by atoms with E-state index < -0.39 is 0 Å². The van der Waals surface area contributed by atoms with E-state index in [-0.39, 0.29) is 24.8 Å². The van der Waals surface area contributed by atoms with Gasteiger partial charge in [-0.15, -0.1) is 24.8 Å². The summed E-state index contributed by atoms with van der Waals surface area (Å²) >= 11 is 0. The minimum absolute atomic E-state index is 0. The Bertz CT molecular complexity index is 676. The largest absolute Gasteiger partial charge is 0.147 e. The van der Waals surface area contributed by atoms with Crippen LogP contribution < -0.4 is 0 Å². The predicted molar refractivity (Wildman–Crippen MR) is 84.6 cm³/mol. The molecule has 0 aromatic heterocycles. The van der Waals surface area contributed by atoms with Gasteiger partial charge in [0.15, 0.2) is 0 Å². The molecule has 0 spiro atoms. The molecule has 0 atom stereocenters. The molecule has 0 bridgehead atoms. The topological polar surface area (TPSA) is 0 Å². The smallest absolute Gasteiger partial charge is 0.00268 e. The Hall–Kier alpha value is -1.50. The van der Waals surface area contributed by atoms with Gasteiger partial charge in [0, 0.05) is 0 Å². The van der Waals surface area contributed by atoms with Gasteiger partial charge >= 0.3 is 0 Å². The summed E-state index contributed by atoms with van der Waals surface area (Å²) in [7, 11) is 0. The molecule has 0 aliphatic heterocycles. The number of benzene rings is 4. The molecule has 2 heteroatoms. The summed E-state index contributed by atoms with van der Waals surface area (Å²) < 4.78 is 0. The number of halogens is 2. The number of hydrogen-bond donors (Lipinski definition) is 0. The zero-order valence-corrected chi connectivity index (χ0v) is 11.2. The van der Waals surface area contributed by atoms with Crippen LogP contribution >= 0.6 is 24.8 Å². The van der Waals surface area contributed by atoms with Crippen molar-refractivity contribution < 1.29 is 0 Å². The lowest BCUT2D eigenvalue weighted by atomic mass is 9.95. The van der Waals surface area contributed by atoms with Gasteiger partial charge < -0.3 is 0 Å². The second kappa shape index (κ2) is 4.64. The van der Waals surface area contributed by atoms with Crippen molar-refractivity contribution in [3.63, 3.8) is 0 Å². The summed E-state index contributed by atoms with van der Waals surface area (Å²) in [6.45, 7) is 0. The molecule has 0 heterocycles. The van der Waals surface area contributed by atoms with Gasteiger partial charge in [0.25, 0.3) is 0 Å². The minimum Gasteiger partial charge on any atom is -0.147 e. The molecule has 0 radical (unpaired) electrons. The quantitative estimate of drug-likeness (QED) is 0.375. The van der Waals surface area contributed by atoms with Crippen LogP contribution in [0.3, 0.4) is 0 Å². The normalized spacial score (nSPS) is 10.4.